The fourth-order valence-electron chi connectivity index (χ4n) is 2.78. The van der Waals surface area contributed by atoms with E-state index < -0.39 is 10.1 Å². The number of rotatable bonds is 7. The van der Waals surface area contributed by atoms with Gasteiger partial charge in [0, 0.05) is 11.4 Å². The van der Waals surface area contributed by atoms with Gasteiger partial charge in [-0.25, -0.2) is 0 Å². The molecule has 0 aliphatic rings. The Morgan fingerprint density at radius 2 is 1.67 bits per heavy atom. The van der Waals surface area contributed by atoms with Crippen LogP contribution in [0.15, 0.2) is 82.7 Å². The Morgan fingerprint density at radius 3 is 2.24 bits per heavy atom. The molecule has 6 nitrogen and oxygen atoms in total. The summed E-state index contributed by atoms with van der Waals surface area (Å²) >= 11 is 5.86. The minimum atomic E-state index is -4.02. The molecule has 1 atom stereocenters. The van der Waals surface area contributed by atoms with Gasteiger partial charge in [-0.2, -0.15) is 8.42 Å². The molecule has 0 aliphatic heterocycles. The minimum absolute atomic E-state index is 0.0226. The van der Waals surface area contributed by atoms with Gasteiger partial charge in [0.05, 0.1) is 17.3 Å². The lowest BCUT2D eigenvalue weighted by molar-refractivity contribution is 0.230. The predicted octanol–water partition coefficient (Wildman–Crippen LogP) is 5.26. The van der Waals surface area contributed by atoms with E-state index in [0.29, 0.717) is 18.8 Å². The first kappa shape index (κ1) is 26.4. The summed E-state index contributed by atoms with van der Waals surface area (Å²) in [5.41, 5.74) is 9.20. The van der Waals surface area contributed by atoms with Crippen molar-refractivity contribution in [1.82, 2.24) is 0 Å². The lowest BCUT2D eigenvalue weighted by atomic mass is 10.1. The molecule has 0 bridgehead atoms. The van der Waals surface area contributed by atoms with E-state index in [0.717, 1.165) is 21.9 Å². The molecule has 0 aromatic heterocycles. The summed E-state index contributed by atoms with van der Waals surface area (Å²) in [5.74, 6) is 1.46. The van der Waals surface area contributed by atoms with Gasteiger partial charge in [-0.3, -0.25) is 9.55 Å². The fourth-order valence-corrected chi connectivity index (χ4v) is 3.39. The summed E-state index contributed by atoms with van der Waals surface area (Å²) in [6.07, 6.45) is 0.597. The summed E-state index contributed by atoms with van der Waals surface area (Å²) in [6, 6.07) is 21.6. The summed E-state index contributed by atoms with van der Waals surface area (Å²) in [7, 11) is -4.02. The predicted molar refractivity (Wildman–Crippen MR) is 134 cm³/mol. The van der Waals surface area contributed by atoms with Crippen molar-refractivity contribution in [3.8, 4) is 5.75 Å². The van der Waals surface area contributed by atoms with Crippen LogP contribution in [-0.4, -0.2) is 31.5 Å². The van der Waals surface area contributed by atoms with Crippen LogP contribution < -0.4 is 10.5 Å². The Kier molecular flexibility index (Phi) is 9.91. The number of nitrogens with two attached hydrogens (primary N) is 1. The van der Waals surface area contributed by atoms with Crippen molar-refractivity contribution >= 4 is 27.6 Å². The topological polar surface area (TPSA) is 102 Å². The summed E-state index contributed by atoms with van der Waals surface area (Å²) in [5, 5.41) is 0.722. The zero-order valence-corrected chi connectivity index (χ0v) is 20.5. The van der Waals surface area contributed by atoms with E-state index in [1.54, 1.807) is 12.1 Å². The van der Waals surface area contributed by atoms with E-state index in [1.807, 2.05) is 69.3 Å². The van der Waals surface area contributed by atoms with Crippen LogP contribution in [0.25, 0.3) is 0 Å². The third kappa shape index (κ3) is 10.1. The number of halogens is 1. The lowest BCUT2D eigenvalue weighted by Gasteiger charge is -2.13. The molecule has 0 radical (unpaired) electrons. The molecule has 0 spiro atoms. The van der Waals surface area contributed by atoms with Gasteiger partial charge >= 0.3 is 0 Å². The van der Waals surface area contributed by atoms with Gasteiger partial charge in [0.25, 0.3) is 10.1 Å². The maximum Gasteiger partial charge on any atom is 0.294 e. The fraction of sp³-hybridized carbons (Fsp3) is 0.240. The highest BCUT2D eigenvalue weighted by atomic mass is 35.5. The van der Waals surface area contributed by atoms with Crippen LogP contribution in [0.2, 0.25) is 5.02 Å². The Hall–Kier alpha value is -2.87. The molecule has 3 aromatic carbocycles. The number of aliphatic imine (C=N–C) groups is 1. The van der Waals surface area contributed by atoms with Crippen molar-refractivity contribution in [2.24, 2.45) is 10.7 Å². The molecule has 0 amide bonds. The third-order valence-electron chi connectivity index (χ3n) is 4.50. The maximum atomic E-state index is 10.5. The van der Waals surface area contributed by atoms with Crippen molar-refractivity contribution in [3.63, 3.8) is 0 Å². The van der Waals surface area contributed by atoms with Gasteiger partial charge < -0.3 is 10.5 Å². The Morgan fingerprint density at radius 1 is 1.03 bits per heavy atom. The molecule has 0 aliphatic carbocycles. The van der Waals surface area contributed by atoms with Crippen LogP contribution >= 0.6 is 11.6 Å². The monoisotopic (exact) mass is 488 g/mol. The second-order valence-electron chi connectivity index (χ2n) is 7.67. The van der Waals surface area contributed by atoms with Gasteiger partial charge in [-0.15, -0.1) is 0 Å². The number of amidine groups is 1. The molecule has 176 valence electrons. The number of ether oxygens (including phenoxy) is 1. The van der Waals surface area contributed by atoms with Gasteiger partial charge in [0.2, 0.25) is 0 Å². The van der Waals surface area contributed by atoms with Crippen molar-refractivity contribution in [2.75, 3.05) is 6.54 Å². The summed E-state index contributed by atoms with van der Waals surface area (Å²) in [4.78, 5) is 4.33. The molecule has 33 heavy (non-hydrogen) atoms. The van der Waals surface area contributed by atoms with Crippen molar-refractivity contribution in [3.05, 3.63) is 94.5 Å². The minimum Gasteiger partial charge on any atom is -0.489 e. The summed E-state index contributed by atoms with van der Waals surface area (Å²) < 4.78 is 35.4. The van der Waals surface area contributed by atoms with Gasteiger partial charge in [0.15, 0.2) is 0 Å². The smallest absolute Gasteiger partial charge is 0.294 e. The molecule has 0 saturated carbocycles. The highest BCUT2D eigenvalue weighted by Crippen LogP contribution is 2.14. The second kappa shape index (κ2) is 12.4. The Labute approximate surface area is 200 Å². The molecular formula is C25H29ClN2O4S. The number of nitrogens with zero attached hydrogens (tertiary/aromatic N) is 1. The standard InChI is InChI=1S/C18H21ClN2O.C7H8O3S/c1-13-4-3-5-17(10-13)22-14(2)12-21-18(20)11-15-6-8-16(19)9-7-15;1-6-2-4-7(5-3-6)11(8,9)10/h3-10,14H,11-12H2,1-2H3,(H2,20,21);2-5H,1H3,(H,8,9,10). The number of benzene rings is 3. The highest BCUT2D eigenvalue weighted by Gasteiger charge is 2.07. The maximum absolute atomic E-state index is 10.5. The quantitative estimate of drug-likeness (QED) is 0.268. The second-order valence-corrected chi connectivity index (χ2v) is 9.53. The molecule has 8 heteroatoms. The Balaban J connectivity index is 0.000000294. The average molecular weight is 489 g/mol. The van der Waals surface area contributed by atoms with E-state index in [1.165, 1.54) is 17.7 Å². The largest absolute Gasteiger partial charge is 0.489 e. The zero-order valence-electron chi connectivity index (χ0n) is 18.9. The summed E-state index contributed by atoms with van der Waals surface area (Å²) in [6.45, 7) is 6.41. The molecule has 3 aromatic rings. The van der Waals surface area contributed by atoms with Crippen LogP contribution in [0, 0.1) is 13.8 Å². The van der Waals surface area contributed by atoms with Crippen LogP contribution in [-0.2, 0) is 16.5 Å². The number of aryl methyl sites for hydroxylation is 2. The van der Waals surface area contributed by atoms with E-state index in [9.17, 15) is 8.42 Å². The molecule has 1 unspecified atom stereocenters. The lowest BCUT2D eigenvalue weighted by Crippen LogP contribution is -2.21. The molecule has 0 fully saturated rings. The number of hydrogen-bond donors (Lipinski definition) is 2. The highest BCUT2D eigenvalue weighted by molar-refractivity contribution is 7.85. The normalized spacial score (nSPS) is 12.5. The molecule has 0 saturated heterocycles. The van der Waals surface area contributed by atoms with Gasteiger partial charge in [0.1, 0.15) is 11.9 Å². The van der Waals surface area contributed by atoms with Gasteiger partial charge in [-0.1, -0.05) is 53.6 Å². The zero-order chi connectivity index (χ0) is 24.4. The molecule has 0 heterocycles. The number of hydrogen-bond acceptors (Lipinski definition) is 4. The Bertz CT molecular complexity index is 1160. The first-order valence-corrected chi connectivity index (χ1v) is 12.2. The van der Waals surface area contributed by atoms with Crippen LogP contribution in [0.3, 0.4) is 0 Å². The molecule has 3 N–H and O–H groups in total. The van der Waals surface area contributed by atoms with Crippen LogP contribution in [0.5, 0.6) is 5.75 Å². The van der Waals surface area contributed by atoms with E-state index in [-0.39, 0.29) is 11.0 Å². The first-order chi connectivity index (χ1) is 15.5. The van der Waals surface area contributed by atoms with E-state index >= 15 is 0 Å². The van der Waals surface area contributed by atoms with Gasteiger partial charge in [-0.05, 0) is 68.3 Å². The van der Waals surface area contributed by atoms with Crippen molar-refractivity contribution < 1.29 is 17.7 Å². The molecular weight excluding hydrogens is 460 g/mol. The van der Waals surface area contributed by atoms with Crippen molar-refractivity contribution in [1.29, 1.82) is 0 Å². The van der Waals surface area contributed by atoms with Crippen LogP contribution in [0.1, 0.15) is 23.6 Å². The SMILES string of the molecule is Cc1ccc(S(=O)(=O)O)cc1.Cc1cccc(OC(C)CN=C(N)Cc2ccc(Cl)cc2)c1. The van der Waals surface area contributed by atoms with E-state index in [4.69, 9.17) is 26.6 Å². The van der Waals surface area contributed by atoms with Crippen LogP contribution in [0.4, 0.5) is 0 Å². The van der Waals surface area contributed by atoms with Crippen molar-refractivity contribution in [2.45, 2.75) is 38.2 Å². The third-order valence-corrected chi connectivity index (χ3v) is 5.62. The van der Waals surface area contributed by atoms with E-state index in [2.05, 4.69) is 4.99 Å². The molecule has 3 rings (SSSR count). The average Bonchev–Trinajstić information content (AvgIpc) is 2.74. The first-order valence-electron chi connectivity index (χ1n) is 10.3.